The van der Waals surface area contributed by atoms with Gasteiger partial charge in [-0.1, -0.05) is 0 Å². The quantitative estimate of drug-likeness (QED) is 0.809. The molecule has 3 rings (SSSR count). The van der Waals surface area contributed by atoms with Crippen molar-refractivity contribution in [3.8, 4) is 5.75 Å². The molecule has 3 N–H and O–H groups in total. The lowest BCUT2D eigenvalue weighted by Crippen LogP contribution is -2.47. The summed E-state index contributed by atoms with van der Waals surface area (Å²) < 4.78 is 10.5. The van der Waals surface area contributed by atoms with Crippen LogP contribution in [0, 0.1) is 5.92 Å². The Labute approximate surface area is 159 Å². The van der Waals surface area contributed by atoms with Crippen LogP contribution in [-0.4, -0.2) is 74.8 Å². The van der Waals surface area contributed by atoms with Gasteiger partial charge in [-0.3, -0.25) is 9.69 Å². The molecule has 0 aromatic heterocycles. The Hall–Kier alpha value is -2.32. The number of piperidine rings is 1. The SMILES string of the molecule is COc1ccc(NC(=O)N2CCCC(CN3CCOCC3)C2)cc1C(N)=O. The highest BCUT2D eigenvalue weighted by Crippen LogP contribution is 2.23. The fourth-order valence-corrected chi connectivity index (χ4v) is 3.73. The Morgan fingerprint density at radius 1 is 1.30 bits per heavy atom. The van der Waals surface area contributed by atoms with Crippen molar-refractivity contribution in [2.45, 2.75) is 12.8 Å². The van der Waals surface area contributed by atoms with Gasteiger partial charge in [0.2, 0.25) is 0 Å². The highest BCUT2D eigenvalue weighted by Gasteiger charge is 2.26. The van der Waals surface area contributed by atoms with Crippen LogP contribution in [0.4, 0.5) is 10.5 Å². The van der Waals surface area contributed by atoms with E-state index in [1.54, 1.807) is 18.2 Å². The second-order valence-electron chi connectivity index (χ2n) is 7.08. The van der Waals surface area contributed by atoms with Crippen LogP contribution in [0.25, 0.3) is 0 Å². The van der Waals surface area contributed by atoms with Crippen molar-refractivity contribution in [3.05, 3.63) is 23.8 Å². The molecule has 1 unspecified atom stereocenters. The average molecular weight is 376 g/mol. The van der Waals surface area contributed by atoms with Crippen molar-refractivity contribution in [2.24, 2.45) is 11.7 Å². The van der Waals surface area contributed by atoms with Crippen LogP contribution in [0.5, 0.6) is 5.75 Å². The summed E-state index contributed by atoms with van der Waals surface area (Å²) in [6, 6.07) is 4.74. The number of morpholine rings is 1. The van der Waals surface area contributed by atoms with Gasteiger partial charge >= 0.3 is 6.03 Å². The van der Waals surface area contributed by atoms with Gasteiger partial charge in [-0.25, -0.2) is 4.79 Å². The number of hydrogen-bond donors (Lipinski definition) is 2. The van der Waals surface area contributed by atoms with Crippen molar-refractivity contribution in [1.82, 2.24) is 9.80 Å². The van der Waals surface area contributed by atoms with E-state index >= 15 is 0 Å². The molecule has 1 aromatic carbocycles. The van der Waals surface area contributed by atoms with Crippen LogP contribution < -0.4 is 15.8 Å². The minimum atomic E-state index is -0.591. The van der Waals surface area contributed by atoms with E-state index in [0.717, 1.165) is 58.8 Å². The fraction of sp³-hybridized carbons (Fsp3) is 0.579. The number of urea groups is 1. The number of carbonyl (C=O) groups excluding carboxylic acids is 2. The first-order valence-corrected chi connectivity index (χ1v) is 9.40. The second-order valence-corrected chi connectivity index (χ2v) is 7.08. The number of benzene rings is 1. The molecule has 0 radical (unpaired) electrons. The van der Waals surface area contributed by atoms with Crippen LogP contribution >= 0.6 is 0 Å². The molecule has 1 aromatic rings. The summed E-state index contributed by atoms with van der Waals surface area (Å²) in [5.41, 5.74) is 6.17. The fourth-order valence-electron chi connectivity index (χ4n) is 3.73. The monoisotopic (exact) mass is 376 g/mol. The number of hydrogen-bond acceptors (Lipinski definition) is 5. The first kappa shape index (κ1) is 19.4. The van der Waals surface area contributed by atoms with Crippen molar-refractivity contribution in [1.29, 1.82) is 0 Å². The molecule has 1 atom stereocenters. The van der Waals surface area contributed by atoms with Gasteiger partial charge in [-0.05, 0) is 37.0 Å². The van der Waals surface area contributed by atoms with Crippen LogP contribution in [-0.2, 0) is 4.74 Å². The van der Waals surface area contributed by atoms with Crippen LogP contribution in [0.2, 0.25) is 0 Å². The number of rotatable bonds is 5. The second kappa shape index (κ2) is 9.05. The molecule has 148 valence electrons. The maximum absolute atomic E-state index is 12.7. The van der Waals surface area contributed by atoms with Crippen molar-refractivity contribution in [2.75, 3.05) is 58.4 Å². The zero-order valence-corrected chi connectivity index (χ0v) is 15.8. The maximum Gasteiger partial charge on any atom is 0.321 e. The molecule has 3 amide bonds. The summed E-state index contributed by atoms with van der Waals surface area (Å²) in [5.74, 6) is 0.273. The third-order valence-electron chi connectivity index (χ3n) is 5.14. The lowest BCUT2D eigenvalue weighted by Gasteiger charge is -2.36. The molecule has 2 fully saturated rings. The standard InChI is InChI=1S/C19H28N4O4/c1-26-17-5-4-15(11-16(17)18(20)24)21-19(25)23-6-2-3-14(13-23)12-22-7-9-27-10-8-22/h4-5,11,14H,2-3,6-10,12-13H2,1H3,(H2,20,24)(H,21,25). The zero-order chi connectivity index (χ0) is 19.2. The molecule has 0 spiro atoms. The van der Waals surface area contributed by atoms with Crippen molar-refractivity contribution in [3.63, 3.8) is 0 Å². The molecule has 8 nitrogen and oxygen atoms in total. The average Bonchev–Trinajstić information content (AvgIpc) is 2.69. The molecule has 0 aliphatic carbocycles. The molecule has 2 aliphatic rings. The molecule has 0 bridgehead atoms. The number of likely N-dealkylation sites (tertiary alicyclic amines) is 1. The molecule has 2 heterocycles. The Kier molecular flexibility index (Phi) is 6.52. The maximum atomic E-state index is 12.7. The van der Waals surface area contributed by atoms with Gasteiger partial charge in [0.15, 0.2) is 0 Å². The molecule has 8 heteroatoms. The molecule has 2 saturated heterocycles. The van der Waals surface area contributed by atoms with Crippen LogP contribution in [0.3, 0.4) is 0 Å². The van der Waals surface area contributed by atoms with Gasteiger partial charge in [0.1, 0.15) is 5.75 Å². The van der Waals surface area contributed by atoms with Gasteiger partial charge in [0.25, 0.3) is 5.91 Å². The number of methoxy groups -OCH3 is 1. The lowest BCUT2D eigenvalue weighted by molar-refractivity contribution is 0.0252. The summed E-state index contributed by atoms with van der Waals surface area (Å²) in [4.78, 5) is 28.5. The smallest absolute Gasteiger partial charge is 0.321 e. The number of primary amides is 1. The Morgan fingerprint density at radius 2 is 2.07 bits per heavy atom. The first-order valence-electron chi connectivity index (χ1n) is 9.40. The summed E-state index contributed by atoms with van der Waals surface area (Å²) in [6.07, 6.45) is 2.13. The van der Waals surface area contributed by atoms with E-state index in [1.165, 1.54) is 7.11 Å². The molecule has 2 aliphatic heterocycles. The number of amides is 3. The number of nitrogens with zero attached hydrogens (tertiary/aromatic N) is 2. The molecular weight excluding hydrogens is 348 g/mol. The summed E-state index contributed by atoms with van der Waals surface area (Å²) in [5, 5.41) is 2.87. The number of carbonyl (C=O) groups is 2. The number of nitrogens with two attached hydrogens (primary N) is 1. The summed E-state index contributed by atoms with van der Waals surface area (Å²) in [7, 11) is 1.47. The van der Waals surface area contributed by atoms with Crippen molar-refractivity contribution >= 4 is 17.6 Å². The summed E-state index contributed by atoms with van der Waals surface area (Å²) in [6.45, 7) is 5.98. The van der Waals surface area contributed by atoms with Gasteiger partial charge in [-0.2, -0.15) is 0 Å². The molecule has 0 saturated carbocycles. The molecule has 27 heavy (non-hydrogen) atoms. The van der Waals surface area contributed by atoms with Gasteiger partial charge in [-0.15, -0.1) is 0 Å². The minimum absolute atomic E-state index is 0.151. The Balaban J connectivity index is 1.58. The zero-order valence-electron chi connectivity index (χ0n) is 15.8. The van der Waals surface area contributed by atoms with E-state index in [-0.39, 0.29) is 11.6 Å². The van der Waals surface area contributed by atoms with E-state index < -0.39 is 5.91 Å². The van der Waals surface area contributed by atoms with Crippen LogP contribution in [0.15, 0.2) is 18.2 Å². The topological polar surface area (TPSA) is 97.1 Å². The summed E-state index contributed by atoms with van der Waals surface area (Å²) >= 11 is 0. The third kappa shape index (κ3) is 5.11. The van der Waals surface area contributed by atoms with Crippen LogP contribution in [0.1, 0.15) is 23.2 Å². The van der Waals surface area contributed by atoms with Gasteiger partial charge < -0.3 is 25.4 Å². The van der Waals surface area contributed by atoms with E-state index in [0.29, 0.717) is 17.4 Å². The van der Waals surface area contributed by atoms with E-state index in [2.05, 4.69) is 10.2 Å². The lowest BCUT2D eigenvalue weighted by atomic mass is 9.97. The van der Waals surface area contributed by atoms with E-state index in [1.807, 2.05) is 4.90 Å². The van der Waals surface area contributed by atoms with Gasteiger partial charge in [0, 0.05) is 38.4 Å². The Morgan fingerprint density at radius 3 is 2.78 bits per heavy atom. The predicted octanol–water partition coefficient (Wildman–Crippen LogP) is 1.37. The molecular formula is C19H28N4O4. The number of anilines is 1. The van der Waals surface area contributed by atoms with Crippen molar-refractivity contribution < 1.29 is 19.1 Å². The van der Waals surface area contributed by atoms with E-state index in [4.69, 9.17) is 15.2 Å². The highest BCUT2D eigenvalue weighted by atomic mass is 16.5. The third-order valence-corrected chi connectivity index (χ3v) is 5.14. The minimum Gasteiger partial charge on any atom is -0.496 e. The Bertz CT molecular complexity index is 676. The first-order chi connectivity index (χ1) is 13.1. The van der Waals surface area contributed by atoms with Gasteiger partial charge in [0.05, 0.1) is 25.9 Å². The predicted molar refractivity (Wildman–Crippen MR) is 102 cm³/mol. The normalized spacial score (nSPS) is 20.9. The highest BCUT2D eigenvalue weighted by molar-refractivity contribution is 5.98. The number of nitrogens with one attached hydrogen (secondary N) is 1. The number of ether oxygens (including phenoxy) is 2. The largest absolute Gasteiger partial charge is 0.496 e. The van der Waals surface area contributed by atoms with E-state index in [9.17, 15) is 9.59 Å².